The molecule has 1 heterocycles. The molecule has 0 aliphatic heterocycles. The van der Waals surface area contributed by atoms with Gasteiger partial charge in [0.05, 0.1) is 12.2 Å². The lowest BCUT2D eigenvalue weighted by Crippen LogP contribution is -2.33. The van der Waals surface area contributed by atoms with Crippen LogP contribution < -0.4 is 0 Å². The third-order valence-corrected chi connectivity index (χ3v) is 1.83. The van der Waals surface area contributed by atoms with Crippen LogP contribution in [-0.4, -0.2) is 46.9 Å². The van der Waals surface area contributed by atoms with Crippen molar-refractivity contribution in [2.45, 2.75) is 6.92 Å². The third kappa shape index (κ3) is 3.30. The summed E-state index contributed by atoms with van der Waals surface area (Å²) in [7, 11) is 1.52. The molecule has 1 aromatic heterocycles. The maximum atomic E-state index is 11.7. The van der Waals surface area contributed by atoms with Gasteiger partial charge in [-0.3, -0.25) is 9.59 Å². The summed E-state index contributed by atoms with van der Waals surface area (Å²) in [5, 5.41) is 0. The van der Waals surface area contributed by atoms with Crippen LogP contribution in [0, 0.1) is 0 Å². The number of amides is 1. The van der Waals surface area contributed by atoms with E-state index in [0.29, 0.717) is 12.2 Å². The topological polar surface area (TPSA) is 72.4 Å². The molecule has 1 aromatic rings. The molecule has 1 rings (SSSR count). The minimum absolute atomic E-state index is 0.0818. The number of likely N-dealkylation sites (N-methyl/N-ethyl adjacent to an activating group) is 1. The molecule has 86 valence electrons. The molecule has 6 nitrogen and oxygen atoms in total. The highest BCUT2D eigenvalue weighted by Crippen LogP contribution is 1.99. The van der Waals surface area contributed by atoms with E-state index >= 15 is 0 Å². The van der Waals surface area contributed by atoms with E-state index in [4.69, 9.17) is 4.74 Å². The second-order valence-corrected chi connectivity index (χ2v) is 3.09. The third-order valence-electron chi connectivity index (χ3n) is 1.83. The van der Waals surface area contributed by atoms with E-state index in [-0.39, 0.29) is 12.5 Å². The molecular weight excluding hydrogens is 210 g/mol. The molecule has 0 aliphatic rings. The number of carbonyl (C=O) groups is 2. The lowest BCUT2D eigenvalue weighted by Gasteiger charge is -2.15. The van der Waals surface area contributed by atoms with Crippen molar-refractivity contribution in [2.75, 3.05) is 20.2 Å². The number of ether oxygens (including phenoxy) is 1. The highest BCUT2D eigenvalue weighted by atomic mass is 16.5. The van der Waals surface area contributed by atoms with Crippen LogP contribution in [0.5, 0.6) is 0 Å². The Bertz CT molecular complexity index is 367. The highest BCUT2D eigenvalue weighted by Gasteiger charge is 2.15. The molecular formula is C10H13N3O3. The normalized spacial score (nSPS) is 9.62. The number of aromatic nitrogens is 2. The number of hydrogen-bond donors (Lipinski definition) is 0. The van der Waals surface area contributed by atoms with Gasteiger partial charge in [-0.15, -0.1) is 0 Å². The molecule has 0 saturated carbocycles. The van der Waals surface area contributed by atoms with Gasteiger partial charge in [0.15, 0.2) is 0 Å². The number of esters is 1. The van der Waals surface area contributed by atoms with E-state index in [9.17, 15) is 9.59 Å². The Balaban J connectivity index is 2.58. The summed E-state index contributed by atoms with van der Waals surface area (Å²) in [4.78, 5) is 31.6. The van der Waals surface area contributed by atoms with Gasteiger partial charge in [0.2, 0.25) is 0 Å². The van der Waals surface area contributed by atoms with E-state index in [1.807, 2.05) is 0 Å². The van der Waals surface area contributed by atoms with Gasteiger partial charge in [-0.25, -0.2) is 9.97 Å². The largest absolute Gasteiger partial charge is 0.465 e. The van der Waals surface area contributed by atoms with Crippen LogP contribution in [0.4, 0.5) is 0 Å². The summed E-state index contributed by atoms with van der Waals surface area (Å²) in [5.74, 6) is -0.746. The predicted octanol–water partition coefficient (Wildman–Crippen LogP) is 0.112. The maximum absolute atomic E-state index is 11.7. The minimum Gasteiger partial charge on any atom is -0.465 e. The van der Waals surface area contributed by atoms with Crippen molar-refractivity contribution in [1.82, 2.24) is 14.9 Å². The maximum Gasteiger partial charge on any atom is 0.325 e. The minimum atomic E-state index is -0.435. The van der Waals surface area contributed by atoms with Gasteiger partial charge in [-0.2, -0.15) is 0 Å². The van der Waals surface area contributed by atoms with E-state index in [2.05, 4.69) is 9.97 Å². The first-order valence-electron chi connectivity index (χ1n) is 4.81. The van der Waals surface area contributed by atoms with Crippen LogP contribution in [-0.2, 0) is 9.53 Å². The molecule has 0 atom stereocenters. The quantitative estimate of drug-likeness (QED) is 0.677. The lowest BCUT2D eigenvalue weighted by molar-refractivity contribution is -0.143. The molecule has 0 aromatic carbocycles. The van der Waals surface area contributed by atoms with Gasteiger partial charge in [-0.1, -0.05) is 0 Å². The van der Waals surface area contributed by atoms with Crippen molar-refractivity contribution in [3.63, 3.8) is 0 Å². The van der Waals surface area contributed by atoms with Gasteiger partial charge >= 0.3 is 5.97 Å². The fourth-order valence-corrected chi connectivity index (χ4v) is 1.10. The summed E-state index contributed by atoms with van der Waals surface area (Å²) in [6.07, 6.45) is 4.14. The van der Waals surface area contributed by atoms with Gasteiger partial charge in [0.25, 0.3) is 5.91 Å². The Morgan fingerprint density at radius 1 is 1.38 bits per heavy atom. The van der Waals surface area contributed by atoms with E-state index < -0.39 is 5.97 Å². The average Bonchev–Trinajstić information content (AvgIpc) is 2.29. The second-order valence-electron chi connectivity index (χ2n) is 3.09. The van der Waals surface area contributed by atoms with E-state index in [1.54, 1.807) is 6.92 Å². The van der Waals surface area contributed by atoms with Crippen molar-refractivity contribution in [3.8, 4) is 0 Å². The summed E-state index contributed by atoms with van der Waals surface area (Å²) in [6.45, 7) is 1.93. The Morgan fingerprint density at radius 2 is 2.00 bits per heavy atom. The fourth-order valence-electron chi connectivity index (χ4n) is 1.10. The number of rotatable bonds is 4. The highest BCUT2D eigenvalue weighted by molar-refractivity contribution is 5.95. The Hall–Kier alpha value is -1.98. The molecule has 0 radical (unpaired) electrons. The Morgan fingerprint density at radius 3 is 2.56 bits per heavy atom. The molecule has 6 heteroatoms. The fraction of sp³-hybridized carbons (Fsp3) is 0.400. The summed E-state index contributed by atoms with van der Waals surface area (Å²) in [6, 6.07) is 0. The molecule has 0 spiro atoms. The molecule has 0 aliphatic carbocycles. The van der Waals surface area contributed by atoms with Crippen LogP contribution in [0.3, 0.4) is 0 Å². The first kappa shape index (κ1) is 12.1. The smallest absolute Gasteiger partial charge is 0.325 e. The van der Waals surface area contributed by atoms with Gasteiger partial charge in [0.1, 0.15) is 12.9 Å². The summed E-state index contributed by atoms with van der Waals surface area (Å²) in [5.41, 5.74) is 0.342. The number of carbonyl (C=O) groups excluding carboxylic acids is 2. The number of hydrogen-bond acceptors (Lipinski definition) is 5. The van der Waals surface area contributed by atoms with Crippen molar-refractivity contribution in [2.24, 2.45) is 0 Å². The SMILES string of the molecule is CCOC(=O)CN(C)C(=O)c1cncnc1. The molecule has 16 heavy (non-hydrogen) atoms. The second kappa shape index (κ2) is 5.79. The van der Waals surface area contributed by atoms with Gasteiger partial charge in [-0.05, 0) is 6.92 Å². The van der Waals surface area contributed by atoms with Crippen molar-refractivity contribution in [1.29, 1.82) is 0 Å². The van der Waals surface area contributed by atoms with Crippen LogP contribution in [0.1, 0.15) is 17.3 Å². The van der Waals surface area contributed by atoms with E-state index in [1.165, 1.54) is 30.7 Å². The Labute approximate surface area is 93.3 Å². The zero-order valence-corrected chi connectivity index (χ0v) is 9.21. The molecule has 0 N–H and O–H groups in total. The predicted molar refractivity (Wildman–Crippen MR) is 55.6 cm³/mol. The molecule has 0 fully saturated rings. The summed E-state index contributed by atoms with van der Waals surface area (Å²) < 4.78 is 4.73. The lowest BCUT2D eigenvalue weighted by atomic mass is 10.3. The van der Waals surface area contributed by atoms with Crippen LogP contribution in [0.25, 0.3) is 0 Å². The molecule has 0 saturated heterocycles. The number of nitrogens with zero attached hydrogens (tertiary/aromatic N) is 3. The molecule has 1 amide bonds. The van der Waals surface area contributed by atoms with Crippen molar-refractivity contribution in [3.05, 3.63) is 24.3 Å². The van der Waals surface area contributed by atoms with Crippen molar-refractivity contribution >= 4 is 11.9 Å². The zero-order valence-electron chi connectivity index (χ0n) is 9.21. The first-order valence-corrected chi connectivity index (χ1v) is 4.81. The molecule has 0 bridgehead atoms. The van der Waals surface area contributed by atoms with Gasteiger partial charge < -0.3 is 9.64 Å². The summed E-state index contributed by atoms with van der Waals surface area (Å²) >= 11 is 0. The van der Waals surface area contributed by atoms with Crippen LogP contribution in [0.15, 0.2) is 18.7 Å². The van der Waals surface area contributed by atoms with Gasteiger partial charge in [0, 0.05) is 19.4 Å². The van der Waals surface area contributed by atoms with E-state index in [0.717, 1.165) is 0 Å². The average molecular weight is 223 g/mol. The molecule has 0 unspecified atom stereocenters. The zero-order chi connectivity index (χ0) is 12.0. The Kier molecular flexibility index (Phi) is 4.38. The standard InChI is InChI=1S/C10H13N3O3/c1-3-16-9(14)6-13(2)10(15)8-4-11-7-12-5-8/h4-5,7H,3,6H2,1-2H3. The van der Waals surface area contributed by atoms with Crippen LogP contribution >= 0.6 is 0 Å². The van der Waals surface area contributed by atoms with Crippen molar-refractivity contribution < 1.29 is 14.3 Å². The first-order chi connectivity index (χ1) is 7.65. The van der Waals surface area contributed by atoms with Crippen LogP contribution in [0.2, 0.25) is 0 Å². The monoisotopic (exact) mass is 223 g/mol.